The van der Waals surface area contributed by atoms with Gasteiger partial charge in [0.2, 0.25) is 11.8 Å². The minimum absolute atomic E-state index is 0.0248. The molecule has 7 atom stereocenters. The van der Waals surface area contributed by atoms with Gasteiger partial charge in [-0.15, -0.1) is 0 Å². The zero-order valence-corrected chi connectivity index (χ0v) is 24.8. The van der Waals surface area contributed by atoms with Crippen LogP contribution in [0.2, 0.25) is 0 Å². The third kappa shape index (κ3) is 5.60. The van der Waals surface area contributed by atoms with Gasteiger partial charge < -0.3 is 19.9 Å². The normalized spacial score (nSPS) is 30.5. The van der Waals surface area contributed by atoms with E-state index in [2.05, 4.69) is 11.4 Å². The molecular formula is C32H42FN5O4. The quantitative estimate of drug-likeness (QED) is 0.521. The lowest BCUT2D eigenvalue weighted by Crippen LogP contribution is -2.59. The number of likely N-dealkylation sites (tertiary alicyclic amines) is 3. The number of nitriles is 1. The first-order chi connectivity index (χ1) is 20.0. The van der Waals surface area contributed by atoms with Crippen molar-refractivity contribution in [1.82, 2.24) is 20.0 Å². The standard InChI is InChI=1S/C32H42FN5O4/c1-32(2,3)42-31(41)35-25(29(39)37-23(16-34)13-21-14-26(21)37)18-36-17-24-15-27(36)30(40)38(24)28(19-7-5-4-6-8-19)20-9-11-22(33)12-10-20/h9-12,19,21,23-28H,4-8,13-15,17-18H2,1-3H3,(H,35,41)/t21-,23+,24+,25+,26+,27+,28+/m1/s1. The van der Waals surface area contributed by atoms with Gasteiger partial charge in [0, 0.05) is 25.2 Å². The Hall–Kier alpha value is -3.19. The maximum absolute atomic E-state index is 14.0. The van der Waals surface area contributed by atoms with Crippen LogP contribution in [-0.4, -0.2) is 81.5 Å². The summed E-state index contributed by atoms with van der Waals surface area (Å²) in [5, 5.41) is 12.5. The summed E-state index contributed by atoms with van der Waals surface area (Å²) in [6.07, 6.45) is 7.07. The predicted octanol–water partition coefficient (Wildman–Crippen LogP) is 4.14. The van der Waals surface area contributed by atoms with Gasteiger partial charge in [0.25, 0.3) is 0 Å². The average Bonchev–Trinajstić information content (AvgIpc) is 3.27. The molecule has 226 valence electrons. The minimum atomic E-state index is -0.929. The van der Waals surface area contributed by atoms with E-state index in [9.17, 15) is 24.0 Å². The number of hydrogen-bond acceptors (Lipinski definition) is 6. The Kier molecular flexibility index (Phi) is 7.67. The molecule has 5 aliphatic rings. The Morgan fingerprint density at radius 1 is 1.12 bits per heavy atom. The van der Waals surface area contributed by atoms with Crippen LogP contribution in [0.3, 0.4) is 0 Å². The molecule has 2 bridgehead atoms. The van der Waals surface area contributed by atoms with Crippen LogP contribution < -0.4 is 5.32 Å². The lowest BCUT2D eigenvalue weighted by Gasteiger charge is -2.44. The smallest absolute Gasteiger partial charge is 0.408 e. The van der Waals surface area contributed by atoms with Crippen LogP contribution in [0.1, 0.15) is 83.7 Å². The van der Waals surface area contributed by atoms with E-state index in [-0.39, 0.29) is 42.3 Å². The molecule has 2 saturated carbocycles. The third-order valence-electron chi connectivity index (χ3n) is 9.84. The second kappa shape index (κ2) is 11.1. The summed E-state index contributed by atoms with van der Waals surface area (Å²) >= 11 is 0. The first-order valence-electron chi connectivity index (χ1n) is 15.6. The van der Waals surface area contributed by atoms with Crippen molar-refractivity contribution >= 4 is 17.9 Å². The van der Waals surface area contributed by atoms with Gasteiger partial charge in [0.15, 0.2) is 0 Å². The van der Waals surface area contributed by atoms with Crippen molar-refractivity contribution in [3.05, 3.63) is 35.6 Å². The summed E-state index contributed by atoms with van der Waals surface area (Å²) in [4.78, 5) is 46.5. The molecule has 1 aromatic carbocycles. The number of benzene rings is 1. The van der Waals surface area contributed by atoms with E-state index in [1.165, 1.54) is 18.6 Å². The summed E-state index contributed by atoms with van der Waals surface area (Å²) in [6, 6.07) is 6.96. The van der Waals surface area contributed by atoms with Crippen molar-refractivity contribution in [2.24, 2.45) is 11.8 Å². The molecule has 3 saturated heterocycles. The van der Waals surface area contributed by atoms with Crippen molar-refractivity contribution in [2.75, 3.05) is 13.1 Å². The van der Waals surface area contributed by atoms with Crippen LogP contribution in [-0.2, 0) is 14.3 Å². The number of hydrogen-bond donors (Lipinski definition) is 1. The lowest BCUT2D eigenvalue weighted by atomic mass is 9.80. The van der Waals surface area contributed by atoms with E-state index >= 15 is 0 Å². The molecule has 0 aromatic heterocycles. The van der Waals surface area contributed by atoms with Gasteiger partial charge in [0.05, 0.1) is 18.2 Å². The van der Waals surface area contributed by atoms with Crippen molar-refractivity contribution in [1.29, 1.82) is 5.26 Å². The van der Waals surface area contributed by atoms with Gasteiger partial charge in [0.1, 0.15) is 23.5 Å². The largest absolute Gasteiger partial charge is 0.444 e. The molecule has 1 aromatic rings. The fourth-order valence-corrected chi connectivity index (χ4v) is 7.96. The van der Waals surface area contributed by atoms with Crippen LogP contribution in [0, 0.1) is 29.0 Å². The summed E-state index contributed by atoms with van der Waals surface area (Å²) in [5.41, 5.74) is 0.241. The Morgan fingerprint density at radius 2 is 1.83 bits per heavy atom. The minimum Gasteiger partial charge on any atom is -0.444 e. The maximum atomic E-state index is 14.0. The monoisotopic (exact) mass is 579 g/mol. The van der Waals surface area contributed by atoms with Crippen LogP contribution in [0.25, 0.3) is 0 Å². The highest BCUT2D eigenvalue weighted by Crippen LogP contribution is 2.48. The second-order valence-corrected chi connectivity index (χ2v) is 13.9. The first-order valence-corrected chi connectivity index (χ1v) is 15.6. The lowest BCUT2D eigenvalue weighted by molar-refractivity contribution is -0.143. The highest BCUT2D eigenvalue weighted by atomic mass is 19.1. The number of rotatable bonds is 7. The summed E-state index contributed by atoms with van der Waals surface area (Å²) < 4.78 is 19.3. The topological polar surface area (TPSA) is 106 Å². The van der Waals surface area contributed by atoms with Gasteiger partial charge in [-0.1, -0.05) is 31.4 Å². The second-order valence-electron chi connectivity index (χ2n) is 13.9. The summed E-state index contributed by atoms with van der Waals surface area (Å²) in [7, 11) is 0. The van der Waals surface area contributed by atoms with E-state index in [1.54, 1.807) is 25.7 Å². The highest BCUT2D eigenvalue weighted by molar-refractivity contribution is 5.89. The van der Waals surface area contributed by atoms with Crippen LogP contribution in [0.15, 0.2) is 24.3 Å². The van der Waals surface area contributed by atoms with E-state index in [1.807, 2.05) is 21.9 Å². The molecule has 3 aliphatic heterocycles. The van der Waals surface area contributed by atoms with E-state index < -0.39 is 29.8 Å². The number of carbonyl (C=O) groups excluding carboxylic acids is 3. The number of halogens is 1. The molecule has 2 aliphatic carbocycles. The number of carbonyl (C=O) groups is 3. The van der Waals surface area contributed by atoms with Gasteiger partial charge in [-0.2, -0.15) is 5.26 Å². The number of amides is 3. The molecule has 0 radical (unpaired) electrons. The molecule has 0 unspecified atom stereocenters. The first kappa shape index (κ1) is 28.9. The molecule has 0 spiro atoms. The van der Waals surface area contributed by atoms with Gasteiger partial charge >= 0.3 is 6.09 Å². The predicted molar refractivity (Wildman–Crippen MR) is 152 cm³/mol. The van der Waals surface area contributed by atoms with E-state index in [0.29, 0.717) is 31.2 Å². The molecule has 3 amide bonds. The van der Waals surface area contributed by atoms with Crippen molar-refractivity contribution in [3.63, 3.8) is 0 Å². The summed E-state index contributed by atoms with van der Waals surface area (Å²) in [5.74, 6) is 0.142. The Labute approximate surface area is 247 Å². The van der Waals surface area contributed by atoms with Gasteiger partial charge in [-0.3, -0.25) is 14.5 Å². The van der Waals surface area contributed by atoms with Crippen LogP contribution >= 0.6 is 0 Å². The van der Waals surface area contributed by atoms with Crippen LogP contribution in [0.4, 0.5) is 9.18 Å². The van der Waals surface area contributed by atoms with Crippen molar-refractivity contribution < 1.29 is 23.5 Å². The number of alkyl carbamates (subject to hydrolysis) is 1. The number of fused-ring (bicyclic) bond motifs is 3. The van der Waals surface area contributed by atoms with Crippen molar-refractivity contribution in [3.8, 4) is 6.07 Å². The zero-order chi connectivity index (χ0) is 29.8. The molecule has 9 nitrogen and oxygen atoms in total. The van der Waals surface area contributed by atoms with E-state index in [0.717, 1.165) is 37.7 Å². The summed E-state index contributed by atoms with van der Waals surface area (Å²) in [6.45, 7) is 6.06. The fraction of sp³-hybridized carbons (Fsp3) is 0.688. The molecule has 6 rings (SSSR count). The molecule has 10 heteroatoms. The SMILES string of the molecule is CC(C)(C)OC(=O)N[C@@H](CN1C[C@@H]2C[C@H]1C(=O)N2[C@H](c1ccc(F)cc1)C1CCCCC1)C(=O)N1[C@H](C#N)C[C@@H]2C[C@@H]21. The third-order valence-corrected chi connectivity index (χ3v) is 9.84. The Morgan fingerprint density at radius 3 is 2.48 bits per heavy atom. The molecule has 5 fully saturated rings. The van der Waals surface area contributed by atoms with E-state index in [4.69, 9.17) is 4.74 Å². The highest BCUT2D eigenvalue weighted by Gasteiger charge is 2.57. The zero-order valence-electron chi connectivity index (χ0n) is 24.8. The Bertz CT molecular complexity index is 1250. The molecule has 1 N–H and O–H groups in total. The van der Waals surface area contributed by atoms with Crippen LogP contribution in [0.5, 0.6) is 0 Å². The average molecular weight is 580 g/mol. The molecule has 42 heavy (non-hydrogen) atoms. The van der Waals surface area contributed by atoms with Gasteiger partial charge in [-0.25, -0.2) is 9.18 Å². The number of nitrogens with zero attached hydrogens (tertiary/aromatic N) is 4. The maximum Gasteiger partial charge on any atom is 0.408 e. The number of piperidine rings is 1. The van der Waals surface area contributed by atoms with Crippen molar-refractivity contribution in [2.45, 2.75) is 114 Å². The molecule has 3 heterocycles. The number of ether oxygens (including phenoxy) is 1. The molecular weight excluding hydrogens is 537 g/mol. The Balaban J connectivity index is 1.21. The number of nitrogens with one attached hydrogen (secondary N) is 1. The number of piperazine rings is 1. The fourth-order valence-electron chi connectivity index (χ4n) is 7.96. The van der Waals surface area contributed by atoms with Gasteiger partial charge in [-0.05, 0) is 82.4 Å².